The van der Waals surface area contributed by atoms with Gasteiger partial charge in [0.2, 0.25) is 5.91 Å². The Morgan fingerprint density at radius 1 is 0.957 bits per heavy atom. The molecule has 2 heterocycles. The summed E-state index contributed by atoms with van der Waals surface area (Å²) in [5, 5.41) is 9.07. The summed E-state index contributed by atoms with van der Waals surface area (Å²) in [5.74, 6) is -1.23. The highest BCUT2D eigenvalue weighted by atomic mass is 16.7. The highest BCUT2D eigenvalue weighted by molar-refractivity contribution is 6.48. The molecule has 3 aromatic rings. The van der Waals surface area contributed by atoms with Gasteiger partial charge in [-0.1, -0.05) is 56.3 Å². The lowest BCUT2D eigenvalue weighted by atomic mass is 9.73. The number of nitrogens with zero attached hydrogens (tertiary/aromatic N) is 3. The van der Waals surface area contributed by atoms with E-state index in [0.717, 1.165) is 11.1 Å². The molecule has 47 heavy (non-hydrogen) atoms. The van der Waals surface area contributed by atoms with Crippen LogP contribution < -0.4 is 16.0 Å². The molecule has 0 bridgehead atoms. The smallest absolute Gasteiger partial charge is 0.402 e. The Bertz CT molecular complexity index is 1490. The third-order valence-corrected chi connectivity index (χ3v) is 8.72. The van der Waals surface area contributed by atoms with Crippen LogP contribution in [0.5, 0.6) is 0 Å². The van der Waals surface area contributed by atoms with Crippen molar-refractivity contribution in [3.63, 3.8) is 0 Å². The number of hydrogen-bond donors (Lipinski definition) is 3. The highest BCUT2D eigenvalue weighted by Crippen LogP contribution is 2.46. The normalized spacial score (nSPS) is 18.4. The van der Waals surface area contributed by atoms with Crippen molar-refractivity contribution in [1.82, 2.24) is 30.8 Å². The molecule has 0 radical (unpaired) electrons. The van der Waals surface area contributed by atoms with Gasteiger partial charge in [0.25, 0.3) is 11.8 Å². The lowest BCUT2D eigenvalue weighted by Crippen LogP contribution is -2.55. The Morgan fingerprint density at radius 3 is 2.28 bits per heavy atom. The Kier molecular flexibility index (Phi) is 11.9. The number of carbonyl (C=O) groups is 3. The minimum atomic E-state index is -0.890. The Balaban J connectivity index is 1.55. The van der Waals surface area contributed by atoms with Gasteiger partial charge in [-0.2, -0.15) is 0 Å². The molecule has 3 N–H and O–H groups in total. The van der Waals surface area contributed by atoms with Crippen molar-refractivity contribution in [3.05, 3.63) is 95.6 Å². The average Bonchev–Trinajstić information content (AvgIpc) is 3.32. The lowest BCUT2D eigenvalue weighted by molar-refractivity contribution is -0.123. The molecule has 1 aliphatic heterocycles. The molecule has 2 unspecified atom stereocenters. The average molecular weight is 643 g/mol. The van der Waals surface area contributed by atoms with Crippen LogP contribution in [-0.4, -0.2) is 84.5 Å². The van der Waals surface area contributed by atoms with Crippen LogP contribution in [0, 0.1) is 5.92 Å². The van der Waals surface area contributed by atoms with Crippen molar-refractivity contribution in [2.75, 3.05) is 27.2 Å². The summed E-state index contributed by atoms with van der Waals surface area (Å²) in [6.07, 6.45) is 5.13. The number of rotatable bonds is 14. The molecule has 1 fully saturated rings. The van der Waals surface area contributed by atoms with Crippen molar-refractivity contribution >= 4 is 24.8 Å². The van der Waals surface area contributed by atoms with Crippen molar-refractivity contribution in [2.24, 2.45) is 5.92 Å². The molecule has 4 rings (SSSR count). The second kappa shape index (κ2) is 15.6. The van der Waals surface area contributed by atoms with E-state index < -0.39 is 36.2 Å². The molecule has 1 aromatic heterocycles. The predicted octanol–water partition coefficient (Wildman–Crippen LogP) is 3.41. The summed E-state index contributed by atoms with van der Waals surface area (Å²) < 4.78 is 13.3. The van der Waals surface area contributed by atoms with Gasteiger partial charge in [-0.15, -0.1) is 0 Å². The van der Waals surface area contributed by atoms with Crippen LogP contribution in [0.4, 0.5) is 0 Å². The van der Waals surface area contributed by atoms with E-state index in [1.807, 2.05) is 82.4 Å². The third kappa shape index (κ3) is 8.82. The number of carbonyl (C=O) groups excluding carboxylic acids is 3. The molecule has 1 saturated heterocycles. The fraction of sp³-hybridized carbons (Fsp3) is 0.457. The molecule has 250 valence electrons. The second-order valence-electron chi connectivity index (χ2n) is 13.1. The van der Waals surface area contributed by atoms with Crippen LogP contribution in [-0.2, 0) is 26.1 Å². The van der Waals surface area contributed by atoms with Gasteiger partial charge in [0.1, 0.15) is 17.3 Å². The largest absolute Gasteiger partial charge is 0.482 e. The van der Waals surface area contributed by atoms with E-state index in [0.29, 0.717) is 25.1 Å². The number of hydrogen-bond acceptors (Lipinski definition) is 8. The number of amides is 3. The maximum absolute atomic E-state index is 14.0. The van der Waals surface area contributed by atoms with E-state index in [1.54, 1.807) is 11.9 Å². The van der Waals surface area contributed by atoms with E-state index >= 15 is 0 Å². The Hall–Kier alpha value is -4.13. The molecule has 11 nitrogen and oxygen atoms in total. The van der Waals surface area contributed by atoms with Gasteiger partial charge in [0, 0.05) is 44.5 Å². The summed E-state index contributed by atoms with van der Waals surface area (Å²) in [6, 6.07) is 16.1. The molecule has 3 amide bonds. The van der Waals surface area contributed by atoms with Gasteiger partial charge in [0.15, 0.2) is 0 Å². The van der Waals surface area contributed by atoms with Gasteiger partial charge >= 0.3 is 7.12 Å². The number of nitrogens with one attached hydrogen (secondary N) is 3. The van der Waals surface area contributed by atoms with Crippen LogP contribution in [0.3, 0.4) is 0 Å². The zero-order valence-corrected chi connectivity index (χ0v) is 28.4. The minimum absolute atomic E-state index is 0.0613. The monoisotopic (exact) mass is 642 g/mol. The Labute approximate surface area is 278 Å². The van der Waals surface area contributed by atoms with Crippen molar-refractivity contribution in [2.45, 2.75) is 70.6 Å². The van der Waals surface area contributed by atoms with Gasteiger partial charge in [0.05, 0.1) is 17.7 Å². The van der Waals surface area contributed by atoms with E-state index in [4.69, 9.17) is 9.31 Å². The fourth-order valence-corrected chi connectivity index (χ4v) is 5.65. The van der Waals surface area contributed by atoms with Crippen molar-refractivity contribution in [3.8, 4) is 0 Å². The second-order valence-corrected chi connectivity index (χ2v) is 13.1. The maximum atomic E-state index is 14.0. The van der Waals surface area contributed by atoms with E-state index in [9.17, 15) is 14.4 Å². The summed E-state index contributed by atoms with van der Waals surface area (Å²) in [6.45, 7) is 11.3. The minimum Gasteiger partial charge on any atom is -0.402 e. The van der Waals surface area contributed by atoms with E-state index in [1.165, 1.54) is 18.6 Å². The Morgan fingerprint density at radius 2 is 1.66 bits per heavy atom. The van der Waals surface area contributed by atoms with Crippen molar-refractivity contribution < 1.29 is 23.7 Å². The molecule has 1 aliphatic rings. The quantitative estimate of drug-likeness (QED) is 0.228. The predicted molar refractivity (Wildman–Crippen MR) is 182 cm³/mol. The zero-order chi connectivity index (χ0) is 34.2. The number of benzene rings is 2. The maximum Gasteiger partial charge on any atom is 0.482 e. The summed E-state index contributed by atoms with van der Waals surface area (Å²) >= 11 is 0. The van der Waals surface area contributed by atoms with E-state index in [-0.39, 0.29) is 29.8 Å². The topological polar surface area (TPSA) is 135 Å². The van der Waals surface area contributed by atoms with Crippen LogP contribution in [0.2, 0.25) is 0 Å². The van der Waals surface area contributed by atoms with Crippen LogP contribution >= 0.6 is 0 Å². The van der Waals surface area contributed by atoms with Crippen LogP contribution in [0.25, 0.3) is 0 Å². The first-order chi connectivity index (χ1) is 22.3. The summed E-state index contributed by atoms with van der Waals surface area (Å²) in [5.41, 5.74) is 0.783. The molecule has 12 heteroatoms. The van der Waals surface area contributed by atoms with Crippen LogP contribution in [0.15, 0.2) is 73.2 Å². The van der Waals surface area contributed by atoms with Crippen LogP contribution in [0.1, 0.15) is 73.0 Å². The number of likely N-dealkylation sites (N-methyl/N-ethyl adjacent to an activating group) is 2. The van der Waals surface area contributed by atoms with Gasteiger partial charge in [-0.3, -0.25) is 19.4 Å². The molecule has 0 aliphatic carbocycles. The molecular weight excluding hydrogens is 595 g/mol. The molecule has 2 aromatic carbocycles. The lowest BCUT2D eigenvalue weighted by Gasteiger charge is -2.37. The molecular formula is C35H47BN6O5. The SMILES string of the molecule is CNCCN(C)C(=O)c1ccc(C2(C)OB(C(CC(C)C)NC(=O)[C@H](Cc3ccccc3)NC(=O)c3cnccn3)OC2(C)C)cc1. The first-order valence-corrected chi connectivity index (χ1v) is 16.1. The van der Waals surface area contributed by atoms with Gasteiger partial charge in [-0.05, 0) is 63.4 Å². The van der Waals surface area contributed by atoms with Gasteiger partial charge in [-0.25, -0.2) is 4.98 Å². The molecule has 0 spiro atoms. The highest BCUT2D eigenvalue weighted by Gasteiger charge is 2.57. The fourth-order valence-electron chi connectivity index (χ4n) is 5.65. The molecule has 0 saturated carbocycles. The zero-order valence-electron chi connectivity index (χ0n) is 28.4. The standard InChI is InChI=1S/C35H47BN6O5/c1-24(2)21-30(41-31(43)28(22-25-11-9-8-10-12-25)40-32(44)29-23-38-17-18-39-29)36-46-34(3,4)35(5,47-36)27-15-13-26(14-16-27)33(45)42(7)20-19-37-6/h8-18,23-24,28,30,37H,19-22H2,1-7H3,(H,40,44)(H,41,43)/t28-,30?,35?/m0/s1. The summed E-state index contributed by atoms with van der Waals surface area (Å²) in [4.78, 5) is 49.7. The summed E-state index contributed by atoms with van der Waals surface area (Å²) in [7, 11) is 2.86. The van der Waals surface area contributed by atoms with Crippen molar-refractivity contribution in [1.29, 1.82) is 0 Å². The first-order valence-electron chi connectivity index (χ1n) is 16.1. The number of aromatic nitrogens is 2. The molecule has 3 atom stereocenters. The van der Waals surface area contributed by atoms with Gasteiger partial charge < -0.3 is 30.2 Å². The first kappa shape index (κ1) is 35.7. The third-order valence-electron chi connectivity index (χ3n) is 8.72. The van der Waals surface area contributed by atoms with E-state index in [2.05, 4.69) is 39.8 Å².